The summed E-state index contributed by atoms with van der Waals surface area (Å²) in [5.41, 5.74) is 10.0. The average molecular weight is 281 g/mol. The van der Waals surface area contributed by atoms with E-state index in [1.807, 2.05) is 19.9 Å². The molecule has 1 saturated carbocycles. The third-order valence-electron chi connectivity index (χ3n) is 4.23. The van der Waals surface area contributed by atoms with Crippen LogP contribution in [0.4, 0.5) is 5.82 Å². The zero-order chi connectivity index (χ0) is 15.0. The van der Waals surface area contributed by atoms with Crippen LogP contribution >= 0.6 is 0 Å². The van der Waals surface area contributed by atoms with Gasteiger partial charge in [0.05, 0.1) is 5.69 Å². The van der Waals surface area contributed by atoms with Gasteiger partial charge in [-0.05, 0) is 25.8 Å². The summed E-state index contributed by atoms with van der Waals surface area (Å²) in [5.74, 6) is 1.72. The van der Waals surface area contributed by atoms with E-state index in [4.69, 9.17) is 5.73 Å². The first-order valence-electron chi connectivity index (χ1n) is 7.40. The lowest BCUT2D eigenvalue weighted by Gasteiger charge is -2.25. The number of H-pyrrole nitrogens is 1. The molecule has 3 N–H and O–H groups in total. The minimum absolute atomic E-state index is 0.317. The van der Waals surface area contributed by atoms with Crippen LogP contribution < -0.4 is 5.73 Å². The second kappa shape index (κ2) is 5.21. The molecule has 1 aliphatic rings. The smallest absolute Gasteiger partial charge is 0.142 e. The molecule has 0 radical (unpaired) electrons. The minimum atomic E-state index is 0.317. The Morgan fingerprint density at radius 1 is 1.43 bits per heavy atom. The molecule has 0 saturated heterocycles. The molecule has 3 rings (SSSR count). The maximum atomic E-state index is 9.41. The van der Waals surface area contributed by atoms with Gasteiger partial charge in [0.15, 0.2) is 0 Å². The molecule has 0 amide bonds. The number of nitrogens with zero attached hydrogens (tertiary/aromatic N) is 3. The van der Waals surface area contributed by atoms with E-state index in [0.717, 1.165) is 47.7 Å². The number of anilines is 1. The monoisotopic (exact) mass is 281 g/mol. The molecule has 2 heterocycles. The number of pyridine rings is 1. The van der Waals surface area contributed by atoms with E-state index in [0.29, 0.717) is 17.3 Å². The number of nitrogen functional groups attached to an aromatic ring is 1. The van der Waals surface area contributed by atoms with E-state index in [1.54, 1.807) is 0 Å². The number of aryl methyl sites for hydroxylation is 2. The normalized spacial score (nSPS) is 14.7. The van der Waals surface area contributed by atoms with Gasteiger partial charge in [-0.3, -0.25) is 0 Å². The molecule has 5 heteroatoms. The van der Waals surface area contributed by atoms with E-state index in [9.17, 15) is 5.26 Å². The Morgan fingerprint density at radius 2 is 2.19 bits per heavy atom. The van der Waals surface area contributed by atoms with Crippen molar-refractivity contribution < 1.29 is 0 Å². The van der Waals surface area contributed by atoms with Crippen LogP contribution in [-0.2, 0) is 6.42 Å². The maximum absolute atomic E-state index is 9.41. The van der Waals surface area contributed by atoms with Crippen LogP contribution in [0.3, 0.4) is 0 Å². The van der Waals surface area contributed by atoms with E-state index in [1.165, 1.54) is 6.42 Å². The Hall–Kier alpha value is -2.35. The first-order chi connectivity index (χ1) is 10.1. The van der Waals surface area contributed by atoms with Crippen LogP contribution in [0.1, 0.15) is 54.9 Å². The zero-order valence-electron chi connectivity index (χ0n) is 12.4. The van der Waals surface area contributed by atoms with E-state index in [-0.39, 0.29) is 0 Å². The highest BCUT2D eigenvalue weighted by Gasteiger charge is 2.24. The average Bonchev–Trinajstić information content (AvgIpc) is 2.77. The Kier molecular flexibility index (Phi) is 3.38. The third-order valence-corrected chi connectivity index (χ3v) is 4.23. The molecule has 0 bridgehead atoms. The van der Waals surface area contributed by atoms with Crippen LogP contribution in [0.5, 0.6) is 0 Å². The van der Waals surface area contributed by atoms with Crippen LogP contribution in [0.25, 0.3) is 11.3 Å². The number of aromatic nitrogens is 3. The van der Waals surface area contributed by atoms with Gasteiger partial charge >= 0.3 is 0 Å². The van der Waals surface area contributed by atoms with Crippen molar-refractivity contribution in [1.29, 1.82) is 5.26 Å². The van der Waals surface area contributed by atoms with Crippen molar-refractivity contribution in [3.8, 4) is 17.3 Å². The van der Waals surface area contributed by atoms with E-state index < -0.39 is 0 Å². The number of nitriles is 1. The van der Waals surface area contributed by atoms with E-state index >= 15 is 0 Å². The Labute approximate surface area is 124 Å². The lowest BCUT2D eigenvalue weighted by atomic mass is 9.82. The fraction of sp³-hybridized carbons (Fsp3) is 0.438. The molecule has 2 aromatic heterocycles. The number of hydrogen-bond acceptors (Lipinski definition) is 4. The summed E-state index contributed by atoms with van der Waals surface area (Å²) in [5, 5.41) is 9.41. The molecular weight excluding hydrogens is 262 g/mol. The third kappa shape index (κ3) is 2.27. The number of nitrogens with two attached hydrogens (primary N) is 1. The number of imidazole rings is 1. The SMILES string of the molecule is CCc1nc(-c2cc(C3CCC3)nc(N)c2C#N)c(C)[nH]1. The fourth-order valence-corrected chi connectivity index (χ4v) is 2.75. The van der Waals surface area contributed by atoms with Gasteiger partial charge in [0.25, 0.3) is 0 Å². The lowest BCUT2D eigenvalue weighted by Crippen LogP contribution is -2.13. The Bertz CT molecular complexity index is 719. The first-order valence-corrected chi connectivity index (χ1v) is 7.40. The van der Waals surface area contributed by atoms with Crippen molar-refractivity contribution in [2.45, 2.75) is 45.4 Å². The van der Waals surface area contributed by atoms with Crippen molar-refractivity contribution in [1.82, 2.24) is 15.0 Å². The molecule has 0 unspecified atom stereocenters. The maximum Gasteiger partial charge on any atom is 0.142 e. The lowest BCUT2D eigenvalue weighted by molar-refractivity contribution is 0.411. The predicted octanol–water partition coefficient (Wildman–Crippen LogP) is 3.06. The molecule has 0 spiro atoms. The van der Waals surface area contributed by atoms with Crippen molar-refractivity contribution in [3.63, 3.8) is 0 Å². The molecule has 21 heavy (non-hydrogen) atoms. The summed E-state index contributed by atoms with van der Waals surface area (Å²) in [6, 6.07) is 4.18. The molecule has 0 aromatic carbocycles. The van der Waals surface area contributed by atoms with Crippen molar-refractivity contribution in [2.24, 2.45) is 0 Å². The molecule has 2 aromatic rings. The summed E-state index contributed by atoms with van der Waals surface area (Å²) in [6.07, 6.45) is 4.37. The second-order valence-electron chi connectivity index (χ2n) is 5.61. The number of nitrogens with one attached hydrogen (secondary N) is 1. The van der Waals surface area contributed by atoms with Crippen LogP contribution in [-0.4, -0.2) is 15.0 Å². The van der Waals surface area contributed by atoms with Gasteiger partial charge in [0.2, 0.25) is 0 Å². The van der Waals surface area contributed by atoms with Gasteiger partial charge in [-0.25, -0.2) is 9.97 Å². The predicted molar refractivity (Wildman–Crippen MR) is 81.7 cm³/mol. The standard InChI is InChI=1S/C16H19N5/c1-3-14-19-9(2)15(21-14)11-7-13(10-5-4-6-10)20-16(18)12(11)8-17/h7,10H,3-6H2,1-2H3,(H2,18,20)(H,19,21). The molecule has 5 nitrogen and oxygen atoms in total. The van der Waals surface area contributed by atoms with Crippen molar-refractivity contribution in [3.05, 3.63) is 28.8 Å². The van der Waals surface area contributed by atoms with Crippen molar-refractivity contribution in [2.75, 3.05) is 5.73 Å². The number of hydrogen-bond donors (Lipinski definition) is 2. The van der Waals surface area contributed by atoms with Gasteiger partial charge < -0.3 is 10.7 Å². The van der Waals surface area contributed by atoms with Crippen LogP contribution in [0.15, 0.2) is 6.07 Å². The summed E-state index contributed by atoms with van der Waals surface area (Å²) in [7, 11) is 0. The van der Waals surface area contributed by atoms with Gasteiger partial charge in [0.1, 0.15) is 23.3 Å². The van der Waals surface area contributed by atoms with E-state index in [2.05, 4.69) is 21.0 Å². The fourth-order valence-electron chi connectivity index (χ4n) is 2.75. The van der Waals surface area contributed by atoms with Crippen LogP contribution in [0, 0.1) is 18.3 Å². The van der Waals surface area contributed by atoms with Gasteiger partial charge in [-0.15, -0.1) is 0 Å². The molecule has 1 aliphatic carbocycles. The highest BCUT2D eigenvalue weighted by Crippen LogP contribution is 2.38. The largest absolute Gasteiger partial charge is 0.383 e. The topological polar surface area (TPSA) is 91.4 Å². The molecule has 108 valence electrons. The molecule has 0 aliphatic heterocycles. The second-order valence-corrected chi connectivity index (χ2v) is 5.61. The summed E-state index contributed by atoms with van der Waals surface area (Å²) in [4.78, 5) is 12.3. The minimum Gasteiger partial charge on any atom is -0.383 e. The molecule has 0 atom stereocenters. The summed E-state index contributed by atoms with van der Waals surface area (Å²) in [6.45, 7) is 4.02. The van der Waals surface area contributed by atoms with Crippen LogP contribution in [0.2, 0.25) is 0 Å². The number of aromatic amines is 1. The van der Waals surface area contributed by atoms with Crippen molar-refractivity contribution >= 4 is 5.82 Å². The highest BCUT2D eigenvalue weighted by molar-refractivity contribution is 5.75. The zero-order valence-corrected chi connectivity index (χ0v) is 12.4. The van der Waals surface area contributed by atoms with Gasteiger partial charge in [0, 0.05) is 29.3 Å². The number of rotatable bonds is 3. The quantitative estimate of drug-likeness (QED) is 0.904. The molecule has 1 fully saturated rings. The molecular formula is C16H19N5. The first kappa shape index (κ1) is 13.6. The van der Waals surface area contributed by atoms with Gasteiger partial charge in [-0.2, -0.15) is 5.26 Å². The summed E-state index contributed by atoms with van der Waals surface area (Å²) >= 11 is 0. The Morgan fingerprint density at radius 3 is 2.71 bits per heavy atom. The summed E-state index contributed by atoms with van der Waals surface area (Å²) < 4.78 is 0. The van der Waals surface area contributed by atoms with Gasteiger partial charge in [-0.1, -0.05) is 13.3 Å². The Balaban J connectivity index is 2.16. The highest BCUT2D eigenvalue weighted by atomic mass is 14.9.